The quantitative estimate of drug-likeness (QED) is 0.921. The van der Waals surface area contributed by atoms with E-state index in [1.165, 1.54) is 17.5 Å². The SMILES string of the molecule is Nc1nccnc1C1CN(C(=O)Cc2ccc3c(c2)CCC3)CCO1. The van der Waals surface area contributed by atoms with Crippen LogP contribution in [0.25, 0.3) is 0 Å². The van der Waals surface area contributed by atoms with Crippen molar-refractivity contribution in [3.63, 3.8) is 0 Å². The number of nitrogens with zero attached hydrogens (tertiary/aromatic N) is 3. The number of anilines is 1. The highest BCUT2D eigenvalue weighted by Gasteiger charge is 2.28. The summed E-state index contributed by atoms with van der Waals surface area (Å²) in [5.41, 5.74) is 10.4. The molecule has 2 aliphatic rings. The van der Waals surface area contributed by atoms with Gasteiger partial charge in [-0.15, -0.1) is 0 Å². The zero-order valence-corrected chi connectivity index (χ0v) is 14.1. The van der Waals surface area contributed by atoms with Gasteiger partial charge < -0.3 is 15.4 Å². The van der Waals surface area contributed by atoms with Crippen LogP contribution in [0.2, 0.25) is 0 Å². The molecule has 1 atom stereocenters. The summed E-state index contributed by atoms with van der Waals surface area (Å²) in [4.78, 5) is 22.9. The summed E-state index contributed by atoms with van der Waals surface area (Å²) in [7, 11) is 0. The van der Waals surface area contributed by atoms with Crippen LogP contribution >= 0.6 is 0 Å². The summed E-state index contributed by atoms with van der Waals surface area (Å²) >= 11 is 0. The van der Waals surface area contributed by atoms with Crippen LogP contribution in [0, 0.1) is 0 Å². The van der Waals surface area contributed by atoms with Gasteiger partial charge in [0.05, 0.1) is 19.6 Å². The van der Waals surface area contributed by atoms with E-state index >= 15 is 0 Å². The molecule has 0 spiro atoms. The van der Waals surface area contributed by atoms with Gasteiger partial charge in [-0.05, 0) is 36.0 Å². The third-order valence-electron chi connectivity index (χ3n) is 5.00. The number of nitrogens with two attached hydrogens (primary N) is 1. The van der Waals surface area contributed by atoms with Gasteiger partial charge in [-0.1, -0.05) is 18.2 Å². The number of hydrogen-bond acceptors (Lipinski definition) is 5. The second-order valence-electron chi connectivity index (χ2n) is 6.66. The molecule has 0 saturated carbocycles. The van der Waals surface area contributed by atoms with E-state index in [1.807, 2.05) is 4.90 Å². The van der Waals surface area contributed by atoms with Gasteiger partial charge in [-0.3, -0.25) is 9.78 Å². The Bertz CT molecular complexity index is 793. The molecule has 2 aromatic rings. The lowest BCUT2D eigenvalue weighted by Gasteiger charge is -2.33. The molecule has 1 fully saturated rings. The van der Waals surface area contributed by atoms with Crippen molar-refractivity contribution in [1.82, 2.24) is 14.9 Å². The number of aryl methyl sites for hydroxylation is 2. The number of ether oxygens (including phenoxy) is 1. The van der Waals surface area contributed by atoms with Gasteiger partial charge in [0.25, 0.3) is 0 Å². The summed E-state index contributed by atoms with van der Waals surface area (Å²) in [6.07, 6.45) is 6.77. The van der Waals surface area contributed by atoms with E-state index in [9.17, 15) is 4.79 Å². The Hall–Kier alpha value is -2.47. The Morgan fingerprint density at radius 1 is 1.24 bits per heavy atom. The fourth-order valence-electron chi connectivity index (χ4n) is 3.67. The first-order chi connectivity index (χ1) is 12.2. The number of nitrogen functional groups attached to an aromatic ring is 1. The number of rotatable bonds is 3. The van der Waals surface area contributed by atoms with Gasteiger partial charge in [-0.2, -0.15) is 0 Å². The fraction of sp³-hybridized carbons (Fsp3) is 0.421. The molecule has 0 bridgehead atoms. The van der Waals surface area contributed by atoms with Crippen LogP contribution in [-0.4, -0.2) is 40.5 Å². The Balaban J connectivity index is 1.44. The minimum Gasteiger partial charge on any atom is -0.382 e. The van der Waals surface area contributed by atoms with Crippen LogP contribution in [-0.2, 0) is 28.8 Å². The monoisotopic (exact) mass is 338 g/mol. The molecule has 1 amide bonds. The first-order valence-electron chi connectivity index (χ1n) is 8.77. The molecule has 6 nitrogen and oxygen atoms in total. The summed E-state index contributed by atoms with van der Waals surface area (Å²) in [5, 5.41) is 0. The van der Waals surface area contributed by atoms with E-state index in [2.05, 4.69) is 28.2 Å². The highest BCUT2D eigenvalue weighted by Crippen LogP contribution is 2.25. The average Bonchev–Trinajstić information content (AvgIpc) is 3.10. The first-order valence-corrected chi connectivity index (χ1v) is 8.77. The lowest BCUT2D eigenvalue weighted by Crippen LogP contribution is -2.43. The number of aromatic nitrogens is 2. The summed E-state index contributed by atoms with van der Waals surface area (Å²) in [6.45, 7) is 1.55. The Kier molecular flexibility index (Phi) is 4.36. The minimum absolute atomic E-state index is 0.119. The van der Waals surface area contributed by atoms with Crippen LogP contribution in [0.15, 0.2) is 30.6 Å². The van der Waals surface area contributed by atoms with Crippen LogP contribution in [0.4, 0.5) is 5.82 Å². The molecule has 25 heavy (non-hydrogen) atoms. The predicted octanol–water partition coefficient (Wildman–Crippen LogP) is 1.69. The van der Waals surface area contributed by atoms with Crippen molar-refractivity contribution in [1.29, 1.82) is 0 Å². The number of benzene rings is 1. The maximum Gasteiger partial charge on any atom is 0.227 e. The van der Waals surface area contributed by atoms with Crippen LogP contribution < -0.4 is 5.73 Å². The number of carbonyl (C=O) groups excluding carboxylic acids is 1. The van der Waals surface area contributed by atoms with Crippen molar-refractivity contribution in [3.8, 4) is 0 Å². The molecule has 1 aliphatic heterocycles. The van der Waals surface area contributed by atoms with Gasteiger partial charge in [0.2, 0.25) is 5.91 Å². The summed E-state index contributed by atoms with van der Waals surface area (Å²) < 4.78 is 5.76. The summed E-state index contributed by atoms with van der Waals surface area (Å²) in [6, 6.07) is 6.45. The molecule has 2 N–H and O–H groups in total. The average molecular weight is 338 g/mol. The molecular weight excluding hydrogens is 316 g/mol. The van der Waals surface area contributed by atoms with Gasteiger partial charge in [0.15, 0.2) is 0 Å². The predicted molar refractivity (Wildman–Crippen MR) is 93.9 cm³/mol. The molecule has 1 aromatic heterocycles. The molecule has 1 unspecified atom stereocenters. The Morgan fingerprint density at radius 3 is 2.96 bits per heavy atom. The third kappa shape index (κ3) is 3.35. The van der Waals surface area contributed by atoms with E-state index in [-0.39, 0.29) is 12.0 Å². The molecule has 0 radical (unpaired) electrons. The van der Waals surface area contributed by atoms with Crippen molar-refractivity contribution in [2.45, 2.75) is 31.8 Å². The maximum absolute atomic E-state index is 12.7. The largest absolute Gasteiger partial charge is 0.382 e. The molecule has 2 heterocycles. The highest BCUT2D eigenvalue weighted by molar-refractivity contribution is 5.79. The standard InChI is InChI=1S/C19H22N4O2/c20-19-18(21-6-7-22-19)16-12-23(8-9-25-16)17(24)11-13-4-5-14-2-1-3-15(14)10-13/h4-7,10,16H,1-3,8-9,11-12H2,(H2,20,22). The fourth-order valence-corrected chi connectivity index (χ4v) is 3.67. The molecule has 1 saturated heterocycles. The number of fused-ring (bicyclic) bond motifs is 1. The summed E-state index contributed by atoms with van der Waals surface area (Å²) in [5.74, 6) is 0.481. The highest BCUT2D eigenvalue weighted by atomic mass is 16.5. The third-order valence-corrected chi connectivity index (χ3v) is 5.00. The van der Waals surface area contributed by atoms with E-state index in [0.29, 0.717) is 37.6 Å². The van der Waals surface area contributed by atoms with Crippen molar-refractivity contribution in [3.05, 3.63) is 53.0 Å². The van der Waals surface area contributed by atoms with Crippen molar-refractivity contribution < 1.29 is 9.53 Å². The van der Waals surface area contributed by atoms with E-state index in [0.717, 1.165) is 18.4 Å². The zero-order chi connectivity index (χ0) is 17.2. The Morgan fingerprint density at radius 2 is 2.08 bits per heavy atom. The van der Waals surface area contributed by atoms with Crippen molar-refractivity contribution in [2.24, 2.45) is 0 Å². The minimum atomic E-state index is -0.313. The van der Waals surface area contributed by atoms with Gasteiger partial charge in [0, 0.05) is 18.9 Å². The second kappa shape index (κ2) is 6.80. The van der Waals surface area contributed by atoms with Crippen LogP contribution in [0.1, 0.15) is 34.9 Å². The molecule has 1 aromatic carbocycles. The molecule has 6 heteroatoms. The lowest BCUT2D eigenvalue weighted by molar-refractivity contribution is -0.138. The normalized spacial score (nSPS) is 19.7. The topological polar surface area (TPSA) is 81.3 Å². The first kappa shape index (κ1) is 16.0. The van der Waals surface area contributed by atoms with Crippen LogP contribution in [0.3, 0.4) is 0 Å². The molecule has 4 rings (SSSR count). The Labute approximate surface area is 147 Å². The molecular formula is C19H22N4O2. The van der Waals surface area contributed by atoms with E-state index in [1.54, 1.807) is 12.4 Å². The molecule has 1 aliphatic carbocycles. The van der Waals surface area contributed by atoms with Crippen molar-refractivity contribution in [2.75, 3.05) is 25.4 Å². The van der Waals surface area contributed by atoms with Gasteiger partial charge in [-0.25, -0.2) is 4.98 Å². The number of hydrogen-bond donors (Lipinski definition) is 1. The lowest BCUT2D eigenvalue weighted by atomic mass is 10.0. The zero-order valence-electron chi connectivity index (χ0n) is 14.1. The number of carbonyl (C=O) groups is 1. The van der Waals surface area contributed by atoms with E-state index < -0.39 is 0 Å². The maximum atomic E-state index is 12.7. The molecule has 130 valence electrons. The van der Waals surface area contributed by atoms with E-state index in [4.69, 9.17) is 10.5 Å². The number of amides is 1. The van der Waals surface area contributed by atoms with Crippen LogP contribution in [0.5, 0.6) is 0 Å². The smallest absolute Gasteiger partial charge is 0.227 e. The second-order valence-corrected chi connectivity index (χ2v) is 6.66. The van der Waals surface area contributed by atoms with Gasteiger partial charge in [0.1, 0.15) is 17.6 Å². The van der Waals surface area contributed by atoms with Gasteiger partial charge >= 0.3 is 0 Å². The van der Waals surface area contributed by atoms with Crippen molar-refractivity contribution >= 4 is 11.7 Å². The number of morpholine rings is 1.